The van der Waals surface area contributed by atoms with Gasteiger partial charge in [0.2, 0.25) is 15.9 Å². The number of nitrogens with zero attached hydrogens (tertiary/aromatic N) is 6. The van der Waals surface area contributed by atoms with Gasteiger partial charge in [0.25, 0.3) is 0 Å². The number of sulfonamides is 1. The highest BCUT2D eigenvalue weighted by atomic mass is 32.2. The Morgan fingerprint density at radius 1 is 1.13 bits per heavy atom. The van der Waals surface area contributed by atoms with E-state index >= 15 is 0 Å². The maximum Gasteiger partial charge on any atom is 0.238 e. The highest BCUT2D eigenvalue weighted by Gasteiger charge is 2.26. The van der Waals surface area contributed by atoms with Gasteiger partial charge in [0.15, 0.2) is 5.82 Å². The summed E-state index contributed by atoms with van der Waals surface area (Å²) in [7, 11) is -1.90. The second-order valence-corrected chi connectivity index (χ2v) is 9.86. The van der Waals surface area contributed by atoms with Crippen LogP contribution in [-0.2, 0) is 19.6 Å². The second kappa shape index (κ2) is 10.4. The molecule has 2 aliphatic rings. The molecule has 2 saturated heterocycles. The van der Waals surface area contributed by atoms with E-state index in [-0.39, 0.29) is 18.2 Å². The molecule has 0 radical (unpaired) electrons. The molecule has 30 heavy (non-hydrogen) atoms. The lowest BCUT2D eigenvalue weighted by Gasteiger charge is -2.36. The molecule has 3 rings (SSSR count). The van der Waals surface area contributed by atoms with Crippen molar-refractivity contribution in [2.75, 3.05) is 81.6 Å². The summed E-state index contributed by atoms with van der Waals surface area (Å²) in [6, 6.07) is 2.03. The van der Waals surface area contributed by atoms with E-state index < -0.39 is 10.0 Å². The van der Waals surface area contributed by atoms with Gasteiger partial charge in [0.1, 0.15) is 0 Å². The van der Waals surface area contributed by atoms with Gasteiger partial charge in [-0.05, 0) is 6.42 Å². The monoisotopic (exact) mass is 440 g/mol. The van der Waals surface area contributed by atoms with Crippen LogP contribution in [0.25, 0.3) is 0 Å². The first-order valence-electron chi connectivity index (χ1n) is 10.5. The summed E-state index contributed by atoms with van der Waals surface area (Å²) >= 11 is 0. The predicted octanol–water partition coefficient (Wildman–Crippen LogP) is 0.0235. The lowest BCUT2D eigenvalue weighted by atomic mass is 10.3. The third-order valence-corrected chi connectivity index (χ3v) is 7.43. The number of piperazine rings is 1. The van der Waals surface area contributed by atoms with Crippen molar-refractivity contribution in [3.05, 3.63) is 12.3 Å². The van der Waals surface area contributed by atoms with Crippen molar-refractivity contribution >= 4 is 27.4 Å². The molecule has 2 fully saturated rings. The van der Waals surface area contributed by atoms with Crippen molar-refractivity contribution in [2.24, 2.45) is 0 Å². The van der Waals surface area contributed by atoms with Crippen molar-refractivity contribution < 1.29 is 17.9 Å². The van der Waals surface area contributed by atoms with Gasteiger partial charge in [-0.1, -0.05) is 13.3 Å². The lowest BCUT2D eigenvalue weighted by molar-refractivity contribution is -0.131. The number of carbonyl (C=O) groups excluding carboxylic acids is 1. The first kappa shape index (κ1) is 22.7. The van der Waals surface area contributed by atoms with Crippen molar-refractivity contribution in [2.45, 2.75) is 19.8 Å². The van der Waals surface area contributed by atoms with Crippen LogP contribution in [0, 0.1) is 0 Å². The number of amides is 1. The maximum absolute atomic E-state index is 12.6. The second-order valence-electron chi connectivity index (χ2n) is 7.66. The number of aromatic nitrogens is 2. The predicted molar refractivity (Wildman–Crippen MR) is 115 cm³/mol. The standard InChI is InChI=1S/C19H32N6O4S/c1-3-4-13-30(27,28)22(2)16-19(26)25-7-5-24(6-8-25)18-14-17(15-20-21-18)23-9-11-29-12-10-23/h14-15H,3-13,16H2,1-2H3. The number of unbranched alkanes of at least 4 members (excludes halogenated alkanes) is 1. The van der Waals surface area contributed by atoms with Gasteiger partial charge < -0.3 is 19.4 Å². The van der Waals surface area contributed by atoms with Crippen LogP contribution in [-0.4, -0.2) is 106 Å². The van der Waals surface area contributed by atoms with Crippen molar-refractivity contribution in [3.8, 4) is 0 Å². The molecule has 1 amide bonds. The van der Waals surface area contributed by atoms with E-state index in [1.165, 1.54) is 11.4 Å². The Hall–Kier alpha value is -1.98. The quantitative estimate of drug-likeness (QED) is 0.558. The number of ether oxygens (including phenoxy) is 1. The first-order chi connectivity index (χ1) is 14.4. The molecule has 2 aliphatic heterocycles. The normalized spacial score (nSPS) is 18.2. The minimum absolute atomic E-state index is 0.0826. The van der Waals surface area contributed by atoms with E-state index in [0.717, 1.165) is 31.0 Å². The Balaban J connectivity index is 1.52. The van der Waals surface area contributed by atoms with Gasteiger partial charge in [0, 0.05) is 52.4 Å². The molecule has 168 valence electrons. The Labute approximate surface area is 178 Å². The van der Waals surface area contributed by atoms with E-state index in [9.17, 15) is 13.2 Å². The molecule has 0 bridgehead atoms. The van der Waals surface area contributed by atoms with E-state index in [2.05, 4.69) is 20.0 Å². The average molecular weight is 441 g/mol. The van der Waals surface area contributed by atoms with Crippen molar-refractivity contribution in [1.29, 1.82) is 0 Å². The highest BCUT2D eigenvalue weighted by molar-refractivity contribution is 7.89. The maximum atomic E-state index is 12.6. The molecule has 0 aliphatic carbocycles. The van der Waals surface area contributed by atoms with Gasteiger partial charge in [0.05, 0.1) is 37.4 Å². The van der Waals surface area contributed by atoms with E-state index in [4.69, 9.17) is 4.74 Å². The molecule has 1 aromatic heterocycles. The first-order valence-corrected chi connectivity index (χ1v) is 12.1. The molecule has 1 aromatic rings. The summed E-state index contributed by atoms with van der Waals surface area (Å²) < 4.78 is 31.0. The summed E-state index contributed by atoms with van der Waals surface area (Å²) in [4.78, 5) is 18.7. The third-order valence-electron chi connectivity index (χ3n) is 5.55. The Morgan fingerprint density at radius 2 is 1.83 bits per heavy atom. The molecule has 0 aromatic carbocycles. The van der Waals surface area contributed by atoms with E-state index in [1.54, 1.807) is 11.1 Å². The van der Waals surface area contributed by atoms with Gasteiger partial charge in [-0.3, -0.25) is 4.79 Å². The van der Waals surface area contributed by atoms with Crippen molar-refractivity contribution in [3.63, 3.8) is 0 Å². The largest absolute Gasteiger partial charge is 0.378 e. The molecule has 0 spiro atoms. The molecule has 10 nitrogen and oxygen atoms in total. The van der Waals surface area contributed by atoms with Crippen LogP contribution in [0.15, 0.2) is 12.3 Å². The number of rotatable bonds is 8. The number of morpholine rings is 1. The summed E-state index contributed by atoms with van der Waals surface area (Å²) in [5.41, 5.74) is 1.03. The number of carbonyl (C=O) groups is 1. The van der Waals surface area contributed by atoms with Crippen molar-refractivity contribution in [1.82, 2.24) is 19.4 Å². The molecule has 0 unspecified atom stereocenters. The topological polar surface area (TPSA) is 99.2 Å². The van der Waals surface area contributed by atoms with Gasteiger partial charge in [-0.2, -0.15) is 9.40 Å². The fourth-order valence-electron chi connectivity index (χ4n) is 3.55. The number of likely N-dealkylation sites (N-methyl/N-ethyl adjacent to an activating group) is 1. The molecule has 0 saturated carbocycles. The van der Waals surface area contributed by atoms with Crippen LogP contribution in [0.1, 0.15) is 19.8 Å². The molecule has 3 heterocycles. The molecular weight excluding hydrogens is 408 g/mol. The summed E-state index contributed by atoms with van der Waals surface area (Å²) in [5, 5.41) is 8.42. The zero-order chi connectivity index (χ0) is 21.6. The van der Waals surface area contributed by atoms with Crippen LogP contribution in [0.4, 0.5) is 11.5 Å². The van der Waals surface area contributed by atoms with Crippen LogP contribution < -0.4 is 9.80 Å². The SMILES string of the molecule is CCCCS(=O)(=O)N(C)CC(=O)N1CCN(c2cc(N3CCOCC3)cnn2)CC1. The Morgan fingerprint density at radius 3 is 2.50 bits per heavy atom. The summed E-state index contributed by atoms with van der Waals surface area (Å²) in [6.45, 7) is 7.26. The van der Waals surface area contributed by atoms with Gasteiger partial charge >= 0.3 is 0 Å². The zero-order valence-electron chi connectivity index (χ0n) is 17.9. The fraction of sp³-hybridized carbons (Fsp3) is 0.737. The molecule has 0 N–H and O–H groups in total. The Kier molecular flexibility index (Phi) is 7.84. The van der Waals surface area contributed by atoms with E-state index in [0.29, 0.717) is 45.8 Å². The number of hydrogen-bond donors (Lipinski definition) is 0. The molecule has 0 atom stereocenters. The van der Waals surface area contributed by atoms with Gasteiger partial charge in [-0.25, -0.2) is 8.42 Å². The highest BCUT2D eigenvalue weighted by Crippen LogP contribution is 2.21. The average Bonchev–Trinajstić information content (AvgIpc) is 2.78. The summed E-state index contributed by atoms with van der Waals surface area (Å²) in [5.74, 6) is 0.717. The molecular formula is C19H32N6O4S. The Bertz CT molecular complexity index is 807. The lowest BCUT2D eigenvalue weighted by Crippen LogP contribution is -2.51. The van der Waals surface area contributed by atoms with Gasteiger partial charge in [-0.15, -0.1) is 5.10 Å². The van der Waals surface area contributed by atoms with Crippen LogP contribution >= 0.6 is 0 Å². The van der Waals surface area contributed by atoms with Crippen LogP contribution in [0.2, 0.25) is 0 Å². The minimum Gasteiger partial charge on any atom is -0.378 e. The fourth-order valence-corrected chi connectivity index (χ4v) is 4.82. The number of anilines is 2. The number of hydrogen-bond acceptors (Lipinski definition) is 8. The van der Waals surface area contributed by atoms with Crippen LogP contribution in [0.5, 0.6) is 0 Å². The minimum atomic E-state index is -3.38. The van der Waals surface area contributed by atoms with Crippen LogP contribution in [0.3, 0.4) is 0 Å². The smallest absolute Gasteiger partial charge is 0.238 e. The van der Waals surface area contributed by atoms with E-state index in [1.807, 2.05) is 13.0 Å². The zero-order valence-corrected chi connectivity index (χ0v) is 18.7. The summed E-state index contributed by atoms with van der Waals surface area (Å²) in [6.07, 6.45) is 3.17. The third kappa shape index (κ3) is 5.79. The molecule has 11 heteroatoms.